The smallest absolute Gasteiger partial charge is 0.0443 e. The van der Waals surface area contributed by atoms with Crippen molar-refractivity contribution in [3.63, 3.8) is 0 Å². The van der Waals surface area contributed by atoms with Crippen LogP contribution in [0.1, 0.15) is 44.7 Å². The summed E-state index contributed by atoms with van der Waals surface area (Å²) < 4.78 is 0. The molecule has 1 aromatic rings. The van der Waals surface area contributed by atoms with Gasteiger partial charge >= 0.3 is 0 Å². The molecule has 0 heterocycles. The van der Waals surface area contributed by atoms with Crippen LogP contribution < -0.4 is 0 Å². The number of hydrogen-bond donors (Lipinski definition) is 0. The molecule has 0 aliphatic heterocycles. The van der Waals surface area contributed by atoms with E-state index in [-0.39, 0.29) is 0 Å². The third-order valence-corrected chi connectivity index (χ3v) is 2.66. The fourth-order valence-corrected chi connectivity index (χ4v) is 2.06. The van der Waals surface area contributed by atoms with Crippen molar-refractivity contribution < 1.29 is 0 Å². The maximum absolute atomic E-state index is 6.21. The van der Waals surface area contributed by atoms with Crippen molar-refractivity contribution in [1.29, 1.82) is 0 Å². The Kier molecular flexibility index (Phi) is 4.00. The predicted octanol–water partition coefficient (Wildman–Crippen LogP) is 4.66. The van der Waals surface area contributed by atoms with E-state index in [1.165, 1.54) is 11.1 Å². The Balaban J connectivity index is 2.89. The zero-order valence-electron chi connectivity index (χ0n) is 9.47. The summed E-state index contributed by atoms with van der Waals surface area (Å²) in [5.41, 5.74) is 2.59. The lowest BCUT2D eigenvalue weighted by molar-refractivity contribution is 0.647. The van der Waals surface area contributed by atoms with Gasteiger partial charge in [-0.3, -0.25) is 0 Å². The molecule has 0 saturated carbocycles. The van der Waals surface area contributed by atoms with Crippen LogP contribution in [0.4, 0.5) is 0 Å². The molecule has 1 heteroatoms. The molecule has 0 radical (unpaired) electrons. The first kappa shape index (κ1) is 11.6. The highest BCUT2D eigenvalue weighted by molar-refractivity contribution is 6.31. The minimum absolute atomic E-state index is 0.510. The van der Waals surface area contributed by atoms with Crippen molar-refractivity contribution in [3.05, 3.63) is 34.3 Å². The van der Waals surface area contributed by atoms with Gasteiger partial charge < -0.3 is 0 Å². The van der Waals surface area contributed by atoms with E-state index in [1.807, 2.05) is 0 Å². The SMILES string of the molecule is CC(C)Cc1ccc(C(C)C)c(Cl)c1. The van der Waals surface area contributed by atoms with Gasteiger partial charge in [-0.2, -0.15) is 0 Å². The van der Waals surface area contributed by atoms with Gasteiger partial charge in [0.15, 0.2) is 0 Å². The average Bonchev–Trinajstić information content (AvgIpc) is 2.01. The lowest BCUT2D eigenvalue weighted by Crippen LogP contribution is -1.96. The third kappa shape index (κ3) is 3.02. The number of benzene rings is 1. The van der Waals surface area contributed by atoms with Gasteiger partial charge in [0.2, 0.25) is 0 Å². The summed E-state index contributed by atoms with van der Waals surface area (Å²) in [6.07, 6.45) is 1.11. The molecular weight excluding hydrogens is 192 g/mol. The van der Waals surface area contributed by atoms with Gasteiger partial charge in [0.1, 0.15) is 0 Å². The summed E-state index contributed by atoms with van der Waals surface area (Å²) in [5, 5.41) is 0.915. The molecule has 0 unspecified atom stereocenters. The van der Waals surface area contributed by atoms with E-state index in [4.69, 9.17) is 11.6 Å². The summed E-state index contributed by atoms with van der Waals surface area (Å²) in [5.74, 6) is 1.20. The second-order valence-electron chi connectivity index (χ2n) is 4.61. The van der Waals surface area contributed by atoms with E-state index in [0.717, 1.165) is 11.4 Å². The fraction of sp³-hybridized carbons (Fsp3) is 0.538. The maximum atomic E-state index is 6.21. The molecule has 0 bridgehead atoms. The zero-order valence-corrected chi connectivity index (χ0v) is 10.2. The Morgan fingerprint density at radius 1 is 1.14 bits per heavy atom. The van der Waals surface area contributed by atoms with Crippen LogP contribution in [-0.2, 0) is 6.42 Å². The molecule has 0 nitrogen and oxygen atoms in total. The minimum Gasteiger partial charge on any atom is -0.0840 e. The standard InChI is InChI=1S/C13H19Cl/c1-9(2)7-11-5-6-12(10(3)4)13(14)8-11/h5-6,8-10H,7H2,1-4H3. The van der Waals surface area contributed by atoms with Gasteiger partial charge in [-0.25, -0.2) is 0 Å². The van der Waals surface area contributed by atoms with E-state index in [0.29, 0.717) is 11.8 Å². The van der Waals surface area contributed by atoms with E-state index in [1.54, 1.807) is 0 Å². The van der Waals surface area contributed by atoms with E-state index >= 15 is 0 Å². The minimum atomic E-state index is 0.510. The van der Waals surface area contributed by atoms with Gasteiger partial charge in [-0.05, 0) is 35.4 Å². The van der Waals surface area contributed by atoms with Gasteiger partial charge in [0, 0.05) is 5.02 Å². The summed E-state index contributed by atoms with van der Waals surface area (Å²) in [6, 6.07) is 6.46. The van der Waals surface area contributed by atoms with Crippen LogP contribution in [0.5, 0.6) is 0 Å². The highest BCUT2D eigenvalue weighted by Crippen LogP contribution is 2.25. The molecule has 0 amide bonds. The number of halogens is 1. The van der Waals surface area contributed by atoms with Crippen molar-refractivity contribution >= 4 is 11.6 Å². The second kappa shape index (κ2) is 4.84. The van der Waals surface area contributed by atoms with E-state index in [9.17, 15) is 0 Å². The van der Waals surface area contributed by atoms with Crippen LogP contribution >= 0.6 is 11.6 Å². The van der Waals surface area contributed by atoms with E-state index in [2.05, 4.69) is 45.9 Å². The van der Waals surface area contributed by atoms with Crippen LogP contribution in [0, 0.1) is 5.92 Å². The summed E-state index contributed by atoms with van der Waals surface area (Å²) in [7, 11) is 0. The summed E-state index contributed by atoms with van der Waals surface area (Å²) >= 11 is 6.21. The maximum Gasteiger partial charge on any atom is 0.0443 e. The molecule has 1 rings (SSSR count). The zero-order chi connectivity index (χ0) is 10.7. The van der Waals surface area contributed by atoms with Gasteiger partial charge in [0.25, 0.3) is 0 Å². The topological polar surface area (TPSA) is 0 Å². The molecule has 1 aromatic carbocycles. The third-order valence-electron chi connectivity index (χ3n) is 2.33. The monoisotopic (exact) mass is 210 g/mol. The van der Waals surface area contributed by atoms with Crippen LogP contribution in [0.25, 0.3) is 0 Å². The first-order valence-electron chi connectivity index (χ1n) is 5.29. The molecule has 14 heavy (non-hydrogen) atoms. The first-order valence-corrected chi connectivity index (χ1v) is 5.66. The van der Waals surface area contributed by atoms with Crippen LogP contribution in [-0.4, -0.2) is 0 Å². The fourth-order valence-electron chi connectivity index (χ4n) is 1.64. The predicted molar refractivity (Wildman–Crippen MR) is 64.1 cm³/mol. The molecule has 78 valence electrons. The Bertz CT molecular complexity index is 300. The molecule has 0 atom stereocenters. The van der Waals surface area contributed by atoms with Crippen molar-refractivity contribution in [2.75, 3.05) is 0 Å². The van der Waals surface area contributed by atoms with Crippen molar-refractivity contribution in [1.82, 2.24) is 0 Å². The van der Waals surface area contributed by atoms with Crippen LogP contribution in [0.3, 0.4) is 0 Å². The van der Waals surface area contributed by atoms with Crippen molar-refractivity contribution in [2.45, 2.75) is 40.0 Å². The normalized spacial score (nSPS) is 11.4. The Morgan fingerprint density at radius 2 is 1.79 bits per heavy atom. The molecule has 0 aromatic heterocycles. The molecule has 0 spiro atoms. The van der Waals surface area contributed by atoms with E-state index < -0.39 is 0 Å². The quantitative estimate of drug-likeness (QED) is 0.681. The molecule has 0 saturated heterocycles. The molecule has 0 N–H and O–H groups in total. The van der Waals surface area contributed by atoms with Crippen LogP contribution in [0.2, 0.25) is 5.02 Å². The largest absolute Gasteiger partial charge is 0.0840 e. The Hall–Kier alpha value is -0.490. The highest BCUT2D eigenvalue weighted by Gasteiger charge is 2.06. The van der Waals surface area contributed by atoms with Crippen molar-refractivity contribution in [2.24, 2.45) is 5.92 Å². The highest BCUT2D eigenvalue weighted by atomic mass is 35.5. The van der Waals surface area contributed by atoms with Gasteiger partial charge in [-0.1, -0.05) is 51.4 Å². The molecule has 0 fully saturated rings. The lowest BCUT2D eigenvalue weighted by Gasteiger charge is -2.11. The average molecular weight is 211 g/mol. The second-order valence-corrected chi connectivity index (χ2v) is 5.02. The lowest BCUT2D eigenvalue weighted by atomic mass is 9.98. The first-order chi connectivity index (χ1) is 6.50. The Labute approximate surface area is 92.3 Å². The molecular formula is C13H19Cl. The summed E-state index contributed by atoms with van der Waals surface area (Å²) in [6.45, 7) is 8.79. The van der Waals surface area contributed by atoms with Gasteiger partial charge in [-0.15, -0.1) is 0 Å². The van der Waals surface area contributed by atoms with Gasteiger partial charge in [0.05, 0.1) is 0 Å². The van der Waals surface area contributed by atoms with Crippen LogP contribution in [0.15, 0.2) is 18.2 Å². The molecule has 0 aliphatic carbocycles. The molecule has 0 aliphatic rings. The summed E-state index contributed by atoms with van der Waals surface area (Å²) in [4.78, 5) is 0. The number of rotatable bonds is 3. The van der Waals surface area contributed by atoms with Crippen molar-refractivity contribution in [3.8, 4) is 0 Å². The Morgan fingerprint density at radius 3 is 2.21 bits per heavy atom. The number of hydrogen-bond acceptors (Lipinski definition) is 0.